The van der Waals surface area contributed by atoms with Gasteiger partial charge in [-0.15, -0.1) is 0 Å². The van der Waals surface area contributed by atoms with Crippen LogP contribution in [0.3, 0.4) is 0 Å². The van der Waals surface area contributed by atoms with Crippen LogP contribution < -0.4 is 14.8 Å². The fourth-order valence-corrected chi connectivity index (χ4v) is 5.49. The van der Waals surface area contributed by atoms with Crippen molar-refractivity contribution >= 4 is 32.6 Å². The number of fused-ring (bicyclic) bond motifs is 2. The second-order valence-corrected chi connectivity index (χ2v) is 9.84. The van der Waals surface area contributed by atoms with Crippen molar-refractivity contribution in [1.82, 2.24) is 4.72 Å². The van der Waals surface area contributed by atoms with E-state index in [9.17, 15) is 13.2 Å². The largest absolute Gasteiger partial charge is 0.497 e. The fourth-order valence-electron chi connectivity index (χ4n) is 4.23. The molecule has 34 heavy (non-hydrogen) atoms. The van der Waals surface area contributed by atoms with Crippen LogP contribution in [-0.2, 0) is 24.2 Å². The number of carbonyl (C=O) groups excluding carboxylic acids is 1. The smallest absolute Gasteiger partial charge is 0.412 e. The quantitative estimate of drug-likeness (QED) is 0.553. The summed E-state index contributed by atoms with van der Waals surface area (Å²) in [6.07, 6.45) is -2.43. The van der Waals surface area contributed by atoms with Crippen LogP contribution in [0.5, 0.6) is 5.75 Å². The van der Waals surface area contributed by atoms with E-state index < -0.39 is 40.5 Å². The van der Waals surface area contributed by atoms with E-state index in [1.807, 2.05) is 24.3 Å². The Kier molecular flexibility index (Phi) is 6.13. The zero-order chi connectivity index (χ0) is 23.7. The highest BCUT2D eigenvalue weighted by molar-refractivity contribution is 7.89. The second kappa shape index (κ2) is 9.22. The summed E-state index contributed by atoms with van der Waals surface area (Å²) in [4.78, 5) is 12.5. The zero-order valence-corrected chi connectivity index (χ0v) is 19.2. The van der Waals surface area contributed by atoms with E-state index in [-0.39, 0.29) is 18.1 Å². The van der Waals surface area contributed by atoms with Crippen LogP contribution >= 0.6 is 0 Å². The van der Waals surface area contributed by atoms with Crippen LogP contribution in [0.1, 0.15) is 0 Å². The molecule has 2 aliphatic rings. The lowest BCUT2D eigenvalue weighted by molar-refractivity contribution is 0.00883. The molecule has 0 unspecified atom stereocenters. The lowest BCUT2D eigenvalue weighted by Crippen LogP contribution is -2.44. The van der Waals surface area contributed by atoms with E-state index in [2.05, 4.69) is 10.0 Å². The molecular weight excluding hydrogens is 460 g/mol. The molecule has 1 amide bonds. The van der Waals surface area contributed by atoms with Crippen molar-refractivity contribution in [2.24, 2.45) is 0 Å². The van der Waals surface area contributed by atoms with E-state index in [0.29, 0.717) is 11.4 Å². The van der Waals surface area contributed by atoms with E-state index in [1.54, 1.807) is 49.6 Å². The molecule has 0 aliphatic carbocycles. The highest BCUT2D eigenvalue weighted by Crippen LogP contribution is 2.30. The second-order valence-electron chi connectivity index (χ2n) is 8.13. The Morgan fingerprint density at radius 2 is 1.68 bits per heavy atom. The van der Waals surface area contributed by atoms with Gasteiger partial charge in [-0.3, -0.25) is 5.32 Å². The van der Waals surface area contributed by atoms with Gasteiger partial charge in [0.2, 0.25) is 10.0 Å². The first-order chi connectivity index (χ1) is 16.4. The summed E-state index contributed by atoms with van der Waals surface area (Å²) >= 11 is 0. The number of amides is 1. The van der Waals surface area contributed by atoms with Crippen molar-refractivity contribution in [3.63, 3.8) is 0 Å². The normalized spacial score (nSPS) is 24.0. The van der Waals surface area contributed by atoms with Gasteiger partial charge in [-0.25, -0.2) is 17.9 Å². The molecule has 0 aromatic heterocycles. The van der Waals surface area contributed by atoms with E-state index in [0.717, 1.165) is 10.8 Å². The van der Waals surface area contributed by atoms with Crippen LogP contribution in [0, 0.1) is 0 Å². The first-order valence-corrected chi connectivity index (χ1v) is 12.3. The lowest BCUT2D eigenvalue weighted by Gasteiger charge is -2.18. The Hall–Kier alpha value is -3.18. The molecule has 2 fully saturated rings. The number of hydrogen-bond acceptors (Lipinski definition) is 7. The molecule has 4 atom stereocenters. The maximum Gasteiger partial charge on any atom is 0.412 e. The van der Waals surface area contributed by atoms with Crippen molar-refractivity contribution in [3.8, 4) is 5.75 Å². The number of hydrogen-bond donors (Lipinski definition) is 2. The van der Waals surface area contributed by atoms with Gasteiger partial charge in [-0.1, -0.05) is 30.3 Å². The van der Waals surface area contributed by atoms with Gasteiger partial charge in [-0.05, 0) is 47.2 Å². The van der Waals surface area contributed by atoms with Crippen LogP contribution in [0.4, 0.5) is 10.5 Å². The predicted octanol–water partition coefficient (Wildman–Crippen LogP) is 2.91. The number of ether oxygens (including phenoxy) is 4. The van der Waals surface area contributed by atoms with E-state index in [4.69, 9.17) is 18.9 Å². The summed E-state index contributed by atoms with van der Waals surface area (Å²) in [5.74, 6) is 0.669. The Morgan fingerprint density at radius 3 is 2.44 bits per heavy atom. The van der Waals surface area contributed by atoms with Crippen LogP contribution in [0.2, 0.25) is 0 Å². The van der Waals surface area contributed by atoms with Gasteiger partial charge in [-0.2, -0.15) is 0 Å². The molecule has 0 bridgehead atoms. The van der Waals surface area contributed by atoms with Crippen LogP contribution in [0.25, 0.3) is 10.8 Å². The third-order valence-corrected chi connectivity index (χ3v) is 7.43. The SMILES string of the molecule is COc1ccc(NC(=O)O[C@@H]2CO[C@H]3[C@@H]2OC[C@@H]3NS(=O)(=O)c2ccc3ccccc3c2)cc1. The summed E-state index contributed by atoms with van der Waals surface area (Å²) in [7, 11) is -2.24. The van der Waals surface area contributed by atoms with Gasteiger partial charge in [0, 0.05) is 5.69 Å². The molecule has 2 saturated heterocycles. The summed E-state index contributed by atoms with van der Waals surface area (Å²) in [6.45, 7) is 0.224. The van der Waals surface area contributed by atoms with E-state index in [1.165, 1.54) is 0 Å². The highest BCUT2D eigenvalue weighted by atomic mass is 32.2. The Bertz CT molecular complexity index is 1300. The van der Waals surface area contributed by atoms with Crippen LogP contribution in [0.15, 0.2) is 71.6 Å². The average Bonchev–Trinajstić information content (AvgIpc) is 3.42. The molecule has 178 valence electrons. The Labute approximate surface area is 197 Å². The van der Waals surface area contributed by atoms with E-state index >= 15 is 0 Å². The minimum absolute atomic E-state index is 0.111. The summed E-state index contributed by atoms with van der Waals surface area (Å²) in [5.41, 5.74) is 0.551. The van der Waals surface area contributed by atoms with Gasteiger partial charge in [0.1, 0.15) is 18.0 Å². The molecule has 3 aromatic carbocycles. The molecule has 3 aromatic rings. The third-order valence-electron chi connectivity index (χ3n) is 5.94. The summed E-state index contributed by atoms with van der Waals surface area (Å²) in [5, 5.41) is 4.44. The first-order valence-electron chi connectivity index (χ1n) is 10.8. The van der Waals surface area contributed by atoms with Gasteiger partial charge >= 0.3 is 6.09 Å². The molecule has 5 rings (SSSR count). The van der Waals surface area contributed by atoms with Gasteiger partial charge in [0.15, 0.2) is 6.10 Å². The lowest BCUT2D eigenvalue weighted by atomic mass is 10.1. The molecule has 10 heteroatoms. The van der Waals surface area contributed by atoms with Gasteiger partial charge in [0.05, 0.1) is 31.3 Å². The van der Waals surface area contributed by atoms with Crippen LogP contribution in [-0.4, -0.2) is 59.2 Å². The first kappa shape index (κ1) is 22.6. The zero-order valence-electron chi connectivity index (χ0n) is 18.3. The van der Waals surface area contributed by atoms with Crippen molar-refractivity contribution in [3.05, 3.63) is 66.7 Å². The molecule has 2 heterocycles. The van der Waals surface area contributed by atoms with Crippen molar-refractivity contribution in [1.29, 1.82) is 0 Å². The fraction of sp³-hybridized carbons (Fsp3) is 0.292. The number of methoxy groups -OCH3 is 1. The number of carbonyl (C=O) groups is 1. The number of benzene rings is 3. The average molecular weight is 485 g/mol. The predicted molar refractivity (Wildman–Crippen MR) is 124 cm³/mol. The minimum Gasteiger partial charge on any atom is -0.497 e. The van der Waals surface area contributed by atoms with Crippen molar-refractivity contribution < 1.29 is 32.2 Å². The number of anilines is 1. The monoisotopic (exact) mass is 484 g/mol. The number of rotatable bonds is 6. The van der Waals surface area contributed by atoms with Crippen molar-refractivity contribution in [2.75, 3.05) is 25.6 Å². The van der Waals surface area contributed by atoms with Gasteiger partial charge < -0.3 is 18.9 Å². The number of sulfonamides is 1. The molecule has 0 radical (unpaired) electrons. The molecule has 9 nitrogen and oxygen atoms in total. The summed E-state index contributed by atoms with van der Waals surface area (Å²) < 4.78 is 50.8. The van der Waals surface area contributed by atoms with Crippen molar-refractivity contribution in [2.45, 2.75) is 29.2 Å². The molecular formula is C24H24N2O7S. The summed E-state index contributed by atoms with van der Waals surface area (Å²) in [6, 6.07) is 18.8. The molecule has 0 spiro atoms. The maximum atomic E-state index is 13.0. The molecule has 0 saturated carbocycles. The third kappa shape index (κ3) is 4.58. The highest BCUT2D eigenvalue weighted by Gasteiger charge is 2.50. The maximum absolute atomic E-state index is 13.0. The number of nitrogens with one attached hydrogen (secondary N) is 2. The molecule has 2 N–H and O–H groups in total. The standard InChI is InChI=1S/C24H24N2O7S/c1-30-18-9-7-17(8-10-18)25-24(27)33-21-14-32-22-20(13-31-23(21)22)26-34(28,29)19-11-6-15-4-2-3-5-16(15)12-19/h2-12,20-23,26H,13-14H2,1H3,(H,25,27)/t20-,21+,22+,23+/m0/s1. The minimum atomic E-state index is -3.80. The Balaban J connectivity index is 1.21. The molecule has 2 aliphatic heterocycles. The Morgan fingerprint density at radius 1 is 0.941 bits per heavy atom. The van der Waals surface area contributed by atoms with Gasteiger partial charge in [0.25, 0.3) is 0 Å². The topological polar surface area (TPSA) is 112 Å².